The normalized spacial score (nSPS) is 12.1. The summed E-state index contributed by atoms with van der Waals surface area (Å²) in [6.07, 6.45) is -9.08. The molecular formula is C28H18Cl2F6O. The zero-order chi connectivity index (χ0) is 27.1. The molecule has 0 bridgehead atoms. The van der Waals surface area contributed by atoms with Gasteiger partial charge in [-0.05, 0) is 65.6 Å². The Labute approximate surface area is 219 Å². The molecule has 192 valence electrons. The van der Waals surface area contributed by atoms with Gasteiger partial charge in [-0.3, -0.25) is 0 Å². The molecule has 4 aromatic rings. The van der Waals surface area contributed by atoms with Gasteiger partial charge in [-0.2, -0.15) is 26.3 Å². The van der Waals surface area contributed by atoms with Gasteiger partial charge in [0.25, 0.3) is 0 Å². The minimum atomic E-state index is -4.55. The molecule has 0 amide bonds. The topological polar surface area (TPSA) is 9.23 Å². The summed E-state index contributed by atoms with van der Waals surface area (Å²) in [6, 6.07) is 16.7. The van der Waals surface area contributed by atoms with Crippen LogP contribution in [-0.2, 0) is 12.4 Å². The SMILES string of the molecule is COc1cccc(-c2ccc(C(F)(F)F)cc2Cl)c1-c1cc(C)cc(-c2ccc(C(F)(F)F)cc2Cl)c1. The van der Waals surface area contributed by atoms with Gasteiger partial charge in [0.1, 0.15) is 5.75 Å². The fourth-order valence-electron chi connectivity index (χ4n) is 4.14. The quantitative estimate of drug-likeness (QED) is 0.228. The molecule has 0 spiro atoms. The molecule has 0 aliphatic rings. The van der Waals surface area contributed by atoms with Crippen LogP contribution in [0.2, 0.25) is 10.0 Å². The van der Waals surface area contributed by atoms with E-state index < -0.39 is 23.5 Å². The molecule has 0 saturated carbocycles. The Morgan fingerprint density at radius 2 is 1.16 bits per heavy atom. The molecule has 0 radical (unpaired) electrons. The Hall–Kier alpha value is -3.16. The van der Waals surface area contributed by atoms with Gasteiger partial charge in [-0.15, -0.1) is 0 Å². The zero-order valence-corrected chi connectivity index (χ0v) is 20.9. The van der Waals surface area contributed by atoms with Crippen molar-refractivity contribution in [2.24, 2.45) is 0 Å². The molecule has 0 atom stereocenters. The van der Waals surface area contributed by atoms with Crippen LogP contribution in [0.1, 0.15) is 16.7 Å². The van der Waals surface area contributed by atoms with Gasteiger partial charge in [0.2, 0.25) is 0 Å². The van der Waals surface area contributed by atoms with E-state index in [4.69, 9.17) is 27.9 Å². The first-order chi connectivity index (χ1) is 17.3. The lowest BCUT2D eigenvalue weighted by molar-refractivity contribution is -0.138. The van der Waals surface area contributed by atoms with Crippen molar-refractivity contribution in [3.8, 4) is 39.1 Å². The van der Waals surface area contributed by atoms with Crippen molar-refractivity contribution >= 4 is 23.2 Å². The smallest absolute Gasteiger partial charge is 0.416 e. The van der Waals surface area contributed by atoms with Crippen LogP contribution in [0.25, 0.3) is 33.4 Å². The number of methoxy groups -OCH3 is 1. The molecular weight excluding hydrogens is 537 g/mol. The zero-order valence-electron chi connectivity index (χ0n) is 19.4. The Kier molecular flexibility index (Phi) is 7.23. The largest absolute Gasteiger partial charge is 0.496 e. The second kappa shape index (κ2) is 9.95. The summed E-state index contributed by atoms with van der Waals surface area (Å²) in [5, 5.41) is -0.166. The summed E-state index contributed by atoms with van der Waals surface area (Å²) in [5.41, 5.74) is 2.05. The van der Waals surface area contributed by atoms with Gasteiger partial charge >= 0.3 is 12.4 Å². The summed E-state index contributed by atoms with van der Waals surface area (Å²) < 4.78 is 84.5. The molecule has 0 aromatic heterocycles. The van der Waals surface area contributed by atoms with Gasteiger partial charge in [0.15, 0.2) is 0 Å². The van der Waals surface area contributed by atoms with E-state index in [1.807, 2.05) is 13.0 Å². The molecule has 0 saturated heterocycles. The number of hydrogen-bond acceptors (Lipinski definition) is 1. The van der Waals surface area contributed by atoms with Crippen molar-refractivity contribution in [1.29, 1.82) is 0 Å². The molecule has 0 aliphatic carbocycles. The van der Waals surface area contributed by atoms with Crippen LogP contribution in [0, 0.1) is 6.92 Å². The highest BCUT2D eigenvalue weighted by molar-refractivity contribution is 6.34. The fraction of sp³-hybridized carbons (Fsp3) is 0.143. The number of alkyl halides is 6. The van der Waals surface area contributed by atoms with Gasteiger partial charge in [0, 0.05) is 26.7 Å². The average Bonchev–Trinajstić information content (AvgIpc) is 2.81. The first-order valence-corrected chi connectivity index (χ1v) is 11.6. The molecule has 0 aliphatic heterocycles. The fourth-order valence-corrected chi connectivity index (χ4v) is 4.71. The first kappa shape index (κ1) is 26.9. The third-order valence-corrected chi connectivity index (χ3v) is 6.43. The van der Waals surface area contributed by atoms with Crippen molar-refractivity contribution in [2.75, 3.05) is 7.11 Å². The molecule has 0 heterocycles. The number of hydrogen-bond donors (Lipinski definition) is 0. The van der Waals surface area contributed by atoms with Gasteiger partial charge in [0.05, 0.1) is 18.2 Å². The van der Waals surface area contributed by atoms with Gasteiger partial charge in [-0.25, -0.2) is 0 Å². The maximum Gasteiger partial charge on any atom is 0.416 e. The molecule has 0 unspecified atom stereocenters. The van der Waals surface area contributed by atoms with E-state index in [2.05, 4.69) is 0 Å². The Balaban J connectivity index is 1.91. The van der Waals surface area contributed by atoms with Crippen molar-refractivity contribution < 1.29 is 31.1 Å². The maximum absolute atomic E-state index is 13.2. The summed E-state index contributed by atoms with van der Waals surface area (Å²) in [5.74, 6) is 0.434. The highest BCUT2D eigenvalue weighted by Crippen LogP contribution is 2.45. The van der Waals surface area contributed by atoms with E-state index in [0.29, 0.717) is 39.1 Å². The van der Waals surface area contributed by atoms with Gasteiger partial charge < -0.3 is 4.74 Å². The Morgan fingerprint density at radius 3 is 1.68 bits per heavy atom. The van der Waals surface area contributed by atoms with Crippen LogP contribution in [0.3, 0.4) is 0 Å². The van der Waals surface area contributed by atoms with Crippen molar-refractivity contribution in [1.82, 2.24) is 0 Å². The van der Waals surface area contributed by atoms with E-state index >= 15 is 0 Å². The van der Waals surface area contributed by atoms with Crippen LogP contribution in [0.5, 0.6) is 5.75 Å². The summed E-state index contributed by atoms with van der Waals surface area (Å²) in [4.78, 5) is 0. The third-order valence-electron chi connectivity index (χ3n) is 5.81. The van der Waals surface area contributed by atoms with Crippen LogP contribution < -0.4 is 4.74 Å². The summed E-state index contributed by atoms with van der Waals surface area (Å²) in [7, 11) is 1.46. The molecule has 4 aromatic carbocycles. The minimum Gasteiger partial charge on any atom is -0.496 e. The molecule has 0 N–H and O–H groups in total. The third kappa shape index (κ3) is 5.58. The van der Waals surface area contributed by atoms with Crippen LogP contribution in [0.15, 0.2) is 72.8 Å². The monoisotopic (exact) mass is 554 g/mol. The number of aryl methyl sites for hydroxylation is 1. The lowest BCUT2D eigenvalue weighted by atomic mass is 9.90. The number of halogens is 8. The maximum atomic E-state index is 13.2. The van der Waals surface area contributed by atoms with E-state index in [1.165, 1.54) is 19.2 Å². The van der Waals surface area contributed by atoms with Crippen LogP contribution in [0.4, 0.5) is 26.3 Å². The second-order valence-electron chi connectivity index (χ2n) is 8.36. The van der Waals surface area contributed by atoms with Crippen molar-refractivity contribution in [3.63, 3.8) is 0 Å². The number of rotatable bonds is 4. The first-order valence-electron chi connectivity index (χ1n) is 10.8. The van der Waals surface area contributed by atoms with Crippen LogP contribution >= 0.6 is 23.2 Å². The lowest BCUT2D eigenvalue weighted by Gasteiger charge is -2.18. The van der Waals surface area contributed by atoms with Gasteiger partial charge in [-0.1, -0.05) is 59.6 Å². The average molecular weight is 555 g/mol. The van der Waals surface area contributed by atoms with E-state index in [0.717, 1.165) is 29.8 Å². The predicted octanol–water partition coefficient (Wildman–Crippen LogP) is 10.3. The number of benzene rings is 4. The summed E-state index contributed by atoms with van der Waals surface area (Å²) in [6.45, 7) is 1.81. The van der Waals surface area contributed by atoms with Crippen LogP contribution in [-0.4, -0.2) is 7.11 Å². The molecule has 1 nitrogen and oxygen atoms in total. The van der Waals surface area contributed by atoms with E-state index in [9.17, 15) is 26.3 Å². The minimum absolute atomic E-state index is 0.0718. The summed E-state index contributed by atoms with van der Waals surface area (Å²) >= 11 is 12.6. The standard InChI is InChI=1S/C28H18Cl2F6O/c1-15-10-16(20-8-6-18(13-23(20)29)27(31,32)33)12-17(11-15)26-22(4-3-5-25(26)37-2)21-9-7-19(14-24(21)30)28(34,35)36/h3-14H,1-2H3. The highest BCUT2D eigenvalue weighted by atomic mass is 35.5. The van der Waals surface area contributed by atoms with Crippen molar-refractivity contribution in [3.05, 3.63) is 99.5 Å². The van der Waals surface area contributed by atoms with E-state index in [1.54, 1.807) is 30.3 Å². The predicted molar refractivity (Wildman–Crippen MR) is 134 cm³/mol. The molecule has 4 rings (SSSR count). The molecule has 9 heteroatoms. The molecule has 37 heavy (non-hydrogen) atoms. The second-order valence-corrected chi connectivity index (χ2v) is 9.17. The molecule has 0 fully saturated rings. The Bertz CT molecular complexity index is 1470. The van der Waals surface area contributed by atoms with Crippen molar-refractivity contribution in [2.45, 2.75) is 19.3 Å². The lowest BCUT2D eigenvalue weighted by Crippen LogP contribution is -2.04. The highest BCUT2D eigenvalue weighted by Gasteiger charge is 2.32. The van der Waals surface area contributed by atoms with E-state index in [-0.39, 0.29) is 10.0 Å². The Morgan fingerprint density at radius 1 is 0.622 bits per heavy atom. The number of ether oxygens (including phenoxy) is 1.